The average molecular weight is 274 g/mol. The molecule has 0 amide bonds. The zero-order valence-corrected chi connectivity index (χ0v) is 12.9. The molecule has 0 aliphatic carbocycles. The summed E-state index contributed by atoms with van der Waals surface area (Å²) in [5.74, 6) is 0. The Morgan fingerprint density at radius 1 is 0.579 bits per heavy atom. The zero-order chi connectivity index (χ0) is 14.0. The van der Waals surface area contributed by atoms with Gasteiger partial charge in [0.1, 0.15) is 0 Å². The van der Waals surface area contributed by atoms with Gasteiger partial charge in [0.2, 0.25) is 0 Å². The van der Waals surface area contributed by atoms with Crippen molar-refractivity contribution in [2.24, 2.45) is 0 Å². The minimum atomic E-state index is 0.137. The molecule has 0 unspecified atom stereocenters. The fourth-order valence-corrected chi connectivity index (χ4v) is 2.01. The van der Waals surface area contributed by atoms with Crippen LogP contribution in [0, 0.1) is 0 Å². The lowest BCUT2D eigenvalue weighted by molar-refractivity contribution is 0.0894. The quantitative estimate of drug-likeness (QED) is 0.433. The predicted molar refractivity (Wildman–Crippen MR) is 80.6 cm³/mol. The fraction of sp³-hybridized carbons (Fsp3) is 1.00. The van der Waals surface area contributed by atoms with Gasteiger partial charge >= 0.3 is 0 Å². The molecule has 0 fully saturated rings. The molecule has 0 radical (unpaired) electrons. The van der Waals surface area contributed by atoms with Crippen LogP contribution in [0.2, 0.25) is 0 Å². The van der Waals surface area contributed by atoms with Crippen LogP contribution in [-0.4, -0.2) is 38.1 Å². The van der Waals surface area contributed by atoms with Crippen molar-refractivity contribution < 1.29 is 14.6 Å². The van der Waals surface area contributed by atoms with Crippen LogP contribution >= 0.6 is 0 Å². The van der Waals surface area contributed by atoms with E-state index in [9.17, 15) is 0 Å². The summed E-state index contributed by atoms with van der Waals surface area (Å²) in [6.07, 6.45) is 12.6. The van der Waals surface area contributed by atoms with Crippen LogP contribution < -0.4 is 0 Å². The highest BCUT2D eigenvalue weighted by Crippen LogP contribution is 2.06. The Morgan fingerprint density at radius 3 is 1.47 bits per heavy atom. The zero-order valence-electron chi connectivity index (χ0n) is 12.9. The van der Waals surface area contributed by atoms with Gasteiger partial charge in [-0.25, -0.2) is 0 Å². The maximum Gasteiger partial charge on any atom is 0.0697 e. The van der Waals surface area contributed by atoms with Gasteiger partial charge in [0, 0.05) is 19.8 Å². The van der Waals surface area contributed by atoms with Crippen molar-refractivity contribution in [2.75, 3.05) is 33.0 Å². The Bertz CT molecular complexity index is 135. The first-order valence-electron chi connectivity index (χ1n) is 8.18. The Labute approximate surface area is 119 Å². The van der Waals surface area contributed by atoms with E-state index < -0.39 is 0 Å². The topological polar surface area (TPSA) is 38.7 Å². The molecule has 0 aliphatic rings. The van der Waals surface area contributed by atoms with Crippen molar-refractivity contribution in [3.05, 3.63) is 0 Å². The Morgan fingerprint density at radius 2 is 1.00 bits per heavy atom. The average Bonchev–Trinajstić information content (AvgIpc) is 2.43. The highest BCUT2D eigenvalue weighted by molar-refractivity contribution is 4.46. The molecular weight excluding hydrogens is 240 g/mol. The van der Waals surface area contributed by atoms with Crippen molar-refractivity contribution in [1.29, 1.82) is 0 Å². The Balaban J connectivity index is 2.88. The predicted octanol–water partition coefficient (Wildman–Crippen LogP) is 3.93. The molecular formula is C16H34O3. The van der Waals surface area contributed by atoms with Gasteiger partial charge in [-0.2, -0.15) is 0 Å². The second kappa shape index (κ2) is 17.9. The van der Waals surface area contributed by atoms with Crippen molar-refractivity contribution in [1.82, 2.24) is 0 Å². The Kier molecular flexibility index (Phi) is 17.8. The van der Waals surface area contributed by atoms with E-state index in [1.807, 2.05) is 0 Å². The third kappa shape index (κ3) is 17.9. The van der Waals surface area contributed by atoms with E-state index in [1.54, 1.807) is 0 Å². The van der Waals surface area contributed by atoms with Crippen LogP contribution in [0.3, 0.4) is 0 Å². The van der Waals surface area contributed by atoms with Gasteiger partial charge < -0.3 is 14.6 Å². The van der Waals surface area contributed by atoms with Gasteiger partial charge in [0.15, 0.2) is 0 Å². The van der Waals surface area contributed by atoms with Crippen molar-refractivity contribution >= 4 is 0 Å². The molecule has 0 saturated carbocycles. The van der Waals surface area contributed by atoms with E-state index in [0.29, 0.717) is 6.61 Å². The highest BCUT2D eigenvalue weighted by Gasteiger charge is 1.93. The number of aliphatic hydroxyl groups excluding tert-OH is 1. The number of hydrogen-bond donors (Lipinski definition) is 1. The molecule has 0 aromatic carbocycles. The SMILES string of the molecule is CCCCCCOCCCCCCCCOCCO. The monoisotopic (exact) mass is 274 g/mol. The summed E-state index contributed by atoms with van der Waals surface area (Å²) in [6.45, 7) is 5.53. The van der Waals surface area contributed by atoms with E-state index in [-0.39, 0.29) is 6.61 Å². The maximum absolute atomic E-state index is 8.53. The molecule has 0 bridgehead atoms. The number of aliphatic hydroxyl groups is 1. The number of unbranched alkanes of at least 4 members (excludes halogenated alkanes) is 8. The minimum absolute atomic E-state index is 0.137. The molecule has 0 aromatic rings. The van der Waals surface area contributed by atoms with Crippen LogP contribution in [0.15, 0.2) is 0 Å². The second-order valence-corrected chi connectivity index (χ2v) is 5.13. The van der Waals surface area contributed by atoms with E-state index >= 15 is 0 Å². The minimum Gasteiger partial charge on any atom is -0.394 e. The van der Waals surface area contributed by atoms with Crippen LogP contribution in [0.25, 0.3) is 0 Å². The molecule has 0 spiro atoms. The van der Waals surface area contributed by atoms with E-state index in [1.165, 1.54) is 57.8 Å². The lowest BCUT2D eigenvalue weighted by Crippen LogP contribution is -2.00. The van der Waals surface area contributed by atoms with Crippen molar-refractivity contribution in [3.8, 4) is 0 Å². The van der Waals surface area contributed by atoms with Gasteiger partial charge in [-0.05, 0) is 19.3 Å². The molecule has 19 heavy (non-hydrogen) atoms. The van der Waals surface area contributed by atoms with Crippen molar-refractivity contribution in [2.45, 2.75) is 71.1 Å². The van der Waals surface area contributed by atoms with E-state index in [0.717, 1.165) is 26.2 Å². The number of rotatable bonds is 16. The van der Waals surface area contributed by atoms with Crippen LogP contribution in [-0.2, 0) is 9.47 Å². The van der Waals surface area contributed by atoms with Crippen LogP contribution in [0.5, 0.6) is 0 Å². The maximum atomic E-state index is 8.53. The molecule has 1 N–H and O–H groups in total. The van der Waals surface area contributed by atoms with Gasteiger partial charge in [-0.15, -0.1) is 0 Å². The summed E-state index contributed by atoms with van der Waals surface area (Å²) in [6, 6.07) is 0. The Hall–Kier alpha value is -0.120. The normalized spacial score (nSPS) is 11.1. The summed E-state index contributed by atoms with van der Waals surface area (Å²) < 4.78 is 10.8. The largest absolute Gasteiger partial charge is 0.394 e. The van der Waals surface area contributed by atoms with Crippen LogP contribution in [0.1, 0.15) is 71.1 Å². The molecule has 0 saturated heterocycles. The summed E-state index contributed by atoms with van der Waals surface area (Å²) >= 11 is 0. The van der Waals surface area contributed by atoms with Crippen LogP contribution in [0.4, 0.5) is 0 Å². The standard InChI is InChI=1S/C16H34O3/c1-2-3-4-9-13-18-14-10-7-5-6-8-11-15-19-16-12-17/h17H,2-16H2,1H3. The molecule has 116 valence electrons. The van der Waals surface area contributed by atoms with E-state index in [2.05, 4.69) is 6.92 Å². The van der Waals surface area contributed by atoms with Crippen molar-refractivity contribution in [3.63, 3.8) is 0 Å². The van der Waals surface area contributed by atoms with Gasteiger partial charge in [0.05, 0.1) is 13.2 Å². The first-order chi connectivity index (χ1) is 9.41. The third-order valence-electron chi connectivity index (χ3n) is 3.21. The number of ether oxygens (including phenoxy) is 2. The molecule has 0 atom stereocenters. The lowest BCUT2D eigenvalue weighted by Gasteiger charge is -2.04. The first kappa shape index (κ1) is 18.9. The van der Waals surface area contributed by atoms with Gasteiger partial charge in [-0.3, -0.25) is 0 Å². The number of hydrogen-bond acceptors (Lipinski definition) is 3. The lowest BCUT2D eigenvalue weighted by atomic mass is 10.1. The smallest absolute Gasteiger partial charge is 0.0697 e. The summed E-state index contributed by atoms with van der Waals surface area (Å²) in [5.41, 5.74) is 0. The van der Waals surface area contributed by atoms with Gasteiger partial charge in [0.25, 0.3) is 0 Å². The van der Waals surface area contributed by atoms with E-state index in [4.69, 9.17) is 14.6 Å². The van der Waals surface area contributed by atoms with Gasteiger partial charge in [-0.1, -0.05) is 51.9 Å². The molecule has 0 heterocycles. The summed E-state index contributed by atoms with van der Waals surface area (Å²) in [5, 5.41) is 8.53. The molecule has 0 rings (SSSR count). The second-order valence-electron chi connectivity index (χ2n) is 5.13. The molecule has 3 heteroatoms. The first-order valence-corrected chi connectivity index (χ1v) is 8.18. The summed E-state index contributed by atoms with van der Waals surface area (Å²) in [7, 11) is 0. The fourth-order valence-electron chi connectivity index (χ4n) is 2.01. The molecule has 0 aromatic heterocycles. The summed E-state index contributed by atoms with van der Waals surface area (Å²) in [4.78, 5) is 0. The molecule has 0 aliphatic heterocycles. The highest BCUT2D eigenvalue weighted by atomic mass is 16.5. The molecule has 3 nitrogen and oxygen atoms in total. The third-order valence-corrected chi connectivity index (χ3v) is 3.21.